The fourth-order valence-electron chi connectivity index (χ4n) is 2.46. The van der Waals surface area contributed by atoms with E-state index in [4.69, 9.17) is 14.0 Å². The third kappa shape index (κ3) is 3.84. The highest BCUT2D eigenvalue weighted by Gasteiger charge is 2.23. The average molecular weight is 364 g/mol. The molecule has 8 heteroatoms. The molecule has 3 rings (SSSR count). The molecule has 0 bridgehead atoms. The fourth-order valence-corrected chi connectivity index (χ4v) is 3.70. The van der Waals surface area contributed by atoms with Crippen LogP contribution in [-0.4, -0.2) is 33.7 Å². The van der Waals surface area contributed by atoms with Gasteiger partial charge in [0.15, 0.2) is 11.5 Å². The Balaban J connectivity index is 1.65. The average Bonchev–Trinajstić information content (AvgIpc) is 2.92. The molecule has 1 N–H and O–H groups in total. The predicted octanol–water partition coefficient (Wildman–Crippen LogP) is 2.34. The summed E-state index contributed by atoms with van der Waals surface area (Å²) in [6, 6.07) is 5.18. The third-order valence-electron chi connectivity index (χ3n) is 4.04. The maximum atomic E-state index is 12.5. The van der Waals surface area contributed by atoms with E-state index in [1.165, 1.54) is 0 Å². The van der Waals surface area contributed by atoms with E-state index in [1.807, 2.05) is 0 Å². The Labute approximate surface area is 148 Å². The Hall–Kier alpha value is -2.35. The number of hydrogen-bond donors (Lipinski definition) is 1. The van der Waals surface area contributed by atoms with Crippen molar-refractivity contribution >= 4 is 22.4 Å². The number of benzene rings is 1. The van der Waals surface area contributed by atoms with E-state index in [9.17, 15) is 9.00 Å². The first-order valence-electron chi connectivity index (χ1n) is 7.95. The van der Waals surface area contributed by atoms with Crippen LogP contribution in [0, 0.1) is 13.8 Å². The summed E-state index contributed by atoms with van der Waals surface area (Å²) in [5.74, 6) is 1.79. The number of amides is 1. The Morgan fingerprint density at radius 2 is 2.00 bits per heavy atom. The highest BCUT2D eigenvalue weighted by Crippen LogP contribution is 2.32. The Kier molecular flexibility index (Phi) is 5.08. The van der Waals surface area contributed by atoms with E-state index in [0.717, 1.165) is 5.56 Å². The lowest BCUT2D eigenvalue weighted by Crippen LogP contribution is -2.30. The molecule has 0 saturated heterocycles. The van der Waals surface area contributed by atoms with Gasteiger partial charge in [-0.05, 0) is 32.9 Å². The molecule has 2 aromatic rings. The third-order valence-corrected chi connectivity index (χ3v) is 5.62. The molecule has 0 aliphatic carbocycles. The maximum Gasteiger partial charge on any atom is 0.239 e. The molecule has 1 aromatic heterocycles. The quantitative estimate of drug-likeness (QED) is 0.876. The number of aryl methyl sites for hydroxylation is 2. The Morgan fingerprint density at radius 1 is 1.28 bits per heavy atom. The van der Waals surface area contributed by atoms with Gasteiger partial charge >= 0.3 is 0 Å². The fraction of sp³-hybridized carbons (Fsp3) is 0.412. The van der Waals surface area contributed by atoms with Crippen molar-refractivity contribution in [3.8, 4) is 11.5 Å². The predicted molar refractivity (Wildman–Crippen MR) is 93.3 cm³/mol. The topological polar surface area (TPSA) is 90.7 Å². The number of nitrogens with zero attached hydrogens (tertiary/aromatic N) is 1. The molecule has 1 aliphatic rings. The minimum atomic E-state index is -1.39. The lowest BCUT2D eigenvalue weighted by atomic mass is 10.2. The van der Waals surface area contributed by atoms with Crippen LogP contribution >= 0.6 is 0 Å². The number of rotatable bonds is 5. The highest BCUT2D eigenvalue weighted by molar-refractivity contribution is 7.85. The van der Waals surface area contributed by atoms with Crippen LogP contribution < -0.4 is 14.8 Å². The van der Waals surface area contributed by atoms with Crippen LogP contribution in [0.4, 0.5) is 5.69 Å². The lowest BCUT2D eigenvalue weighted by Gasteiger charge is -2.19. The van der Waals surface area contributed by atoms with Crippen LogP contribution in [0.25, 0.3) is 0 Å². The first kappa shape index (κ1) is 17.5. The second-order valence-electron chi connectivity index (χ2n) is 5.82. The molecule has 0 saturated carbocycles. The van der Waals surface area contributed by atoms with Crippen molar-refractivity contribution in [3.05, 3.63) is 35.2 Å². The van der Waals surface area contributed by atoms with Crippen LogP contribution in [0.1, 0.15) is 23.9 Å². The van der Waals surface area contributed by atoms with E-state index in [-0.39, 0.29) is 11.7 Å². The molecule has 1 aliphatic heterocycles. The van der Waals surface area contributed by atoms with Crippen molar-refractivity contribution in [2.45, 2.75) is 31.8 Å². The summed E-state index contributed by atoms with van der Waals surface area (Å²) in [6.07, 6.45) is 0. The number of carbonyl (C=O) groups excluding carboxylic acids is 1. The summed E-state index contributed by atoms with van der Waals surface area (Å²) in [7, 11) is -1.39. The molecular weight excluding hydrogens is 344 g/mol. The zero-order valence-electron chi connectivity index (χ0n) is 14.3. The normalized spacial score (nSPS) is 15.5. The summed E-state index contributed by atoms with van der Waals surface area (Å²) < 4.78 is 28.5. The number of fused-ring (bicyclic) bond motifs is 1. The van der Waals surface area contributed by atoms with Gasteiger partial charge in [-0.2, -0.15) is 0 Å². The molecule has 0 unspecified atom stereocenters. The molecular formula is C17H20N2O5S. The first-order chi connectivity index (χ1) is 12.0. The van der Waals surface area contributed by atoms with Crippen molar-refractivity contribution in [2.75, 3.05) is 18.5 Å². The minimum Gasteiger partial charge on any atom is -0.486 e. The van der Waals surface area contributed by atoms with Gasteiger partial charge in [-0.3, -0.25) is 9.00 Å². The van der Waals surface area contributed by atoms with Crippen molar-refractivity contribution < 1.29 is 23.0 Å². The molecule has 7 nitrogen and oxygen atoms in total. The highest BCUT2D eigenvalue weighted by atomic mass is 32.2. The zero-order chi connectivity index (χ0) is 18.0. The summed E-state index contributed by atoms with van der Waals surface area (Å²) in [5, 5.41) is 5.94. The number of ether oxygens (including phenoxy) is 2. The van der Waals surface area contributed by atoms with E-state index in [1.54, 1.807) is 39.0 Å². The van der Waals surface area contributed by atoms with Gasteiger partial charge in [0, 0.05) is 28.1 Å². The van der Waals surface area contributed by atoms with E-state index in [0.29, 0.717) is 41.9 Å². The minimum absolute atomic E-state index is 0.233. The molecule has 1 amide bonds. The van der Waals surface area contributed by atoms with Gasteiger partial charge in [0.05, 0.1) is 11.4 Å². The second-order valence-corrected chi connectivity index (χ2v) is 7.57. The molecule has 2 atom stereocenters. The van der Waals surface area contributed by atoms with Crippen LogP contribution in [0.2, 0.25) is 0 Å². The number of hydrogen-bond acceptors (Lipinski definition) is 6. The SMILES string of the molecule is Cc1noc(C)c1C[S@@](=O)[C@@H](C)C(=O)Nc1ccc2c(c1)OCCO2. The number of aromatic nitrogens is 1. The number of anilines is 1. The largest absolute Gasteiger partial charge is 0.486 e. The van der Waals surface area contributed by atoms with Gasteiger partial charge in [0.2, 0.25) is 5.91 Å². The molecule has 25 heavy (non-hydrogen) atoms. The van der Waals surface area contributed by atoms with Gasteiger partial charge in [-0.15, -0.1) is 0 Å². The number of nitrogens with one attached hydrogen (secondary N) is 1. The molecule has 0 radical (unpaired) electrons. The van der Waals surface area contributed by atoms with Crippen molar-refractivity contribution in [1.82, 2.24) is 5.16 Å². The smallest absolute Gasteiger partial charge is 0.239 e. The number of carbonyl (C=O) groups is 1. The summed E-state index contributed by atoms with van der Waals surface area (Å²) in [5.41, 5.74) is 2.07. The Bertz CT molecular complexity index is 798. The molecule has 0 fully saturated rings. The van der Waals surface area contributed by atoms with Gasteiger partial charge in [0.25, 0.3) is 0 Å². The van der Waals surface area contributed by atoms with Gasteiger partial charge in [-0.25, -0.2) is 0 Å². The van der Waals surface area contributed by atoms with E-state index >= 15 is 0 Å². The summed E-state index contributed by atoms with van der Waals surface area (Å²) in [4.78, 5) is 12.4. The van der Waals surface area contributed by atoms with Crippen LogP contribution in [-0.2, 0) is 21.3 Å². The van der Waals surface area contributed by atoms with Crippen LogP contribution in [0.3, 0.4) is 0 Å². The standard InChI is InChI=1S/C17H20N2O5S/c1-10-14(11(2)24-19-10)9-25(21)12(3)17(20)18-13-4-5-15-16(8-13)23-7-6-22-15/h4-5,8,12H,6-7,9H2,1-3H3,(H,18,20)/t12-,25+/m0/s1. The summed E-state index contributed by atoms with van der Waals surface area (Å²) in [6.45, 7) is 6.19. The van der Waals surface area contributed by atoms with Gasteiger partial charge < -0.3 is 19.3 Å². The second kappa shape index (κ2) is 7.26. The van der Waals surface area contributed by atoms with Gasteiger partial charge in [-0.1, -0.05) is 5.16 Å². The maximum absolute atomic E-state index is 12.5. The van der Waals surface area contributed by atoms with Crippen molar-refractivity contribution in [1.29, 1.82) is 0 Å². The van der Waals surface area contributed by atoms with E-state index < -0.39 is 16.0 Å². The monoisotopic (exact) mass is 364 g/mol. The lowest BCUT2D eigenvalue weighted by molar-refractivity contribution is -0.115. The molecule has 0 spiro atoms. The van der Waals surface area contributed by atoms with Crippen molar-refractivity contribution in [2.24, 2.45) is 0 Å². The zero-order valence-corrected chi connectivity index (χ0v) is 15.1. The summed E-state index contributed by atoms with van der Waals surface area (Å²) >= 11 is 0. The molecule has 2 heterocycles. The van der Waals surface area contributed by atoms with E-state index in [2.05, 4.69) is 10.5 Å². The van der Waals surface area contributed by atoms with Crippen LogP contribution in [0.5, 0.6) is 11.5 Å². The van der Waals surface area contributed by atoms with Gasteiger partial charge in [0.1, 0.15) is 24.2 Å². The van der Waals surface area contributed by atoms with Crippen LogP contribution in [0.15, 0.2) is 22.7 Å². The first-order valence-corrected chi connectivity index (χ1v) is 9.33. The Morgan fingerprint density at radius 3 is 2.68 bits per heavy atom. The molecule has 1 aromatic carbocycles. The molecule has 134 valence electrons. The van der Waals surface area contributed by atoms with Crippen molar-refractivity contribution in [3.63, 3.8) is 0 Å².